The molecule has 0 unspecified atom stereocenters. The third kappa shape index (κ3) is 5.91. The lowest BCUT2D eigenvalue weighted by atomic mass is 9.82. The Kier molecular flexibility index (Phi) is 8.06. The summed E-state index contributed by atoms with van der Waals surface area (Å²) in [5.74, 6) is 0.549. The number of carbonyl (C=O) groups is 1. The van der Waals surface area contributed by atoms with Gasteiger partial charge in [-0.1, -0.05) is 6.07 Å². The van der Waals surface area contributed by atoms with E-state index in [9.17, 15) is 13.2 Å². The number of imidazole rings is 1. The van der Waals surface area contributed by atoms with Crippen molar-refractivity contribution in [3.05, 3.63) is 53.9 Å². The Morgan fingerprint density at radius 2 is 1.86 bits per heavy atom. The van der Waals surface area contributed by atoms with E-state index in [1.165, 1.54) is 5.56 Å². The zero-order valence-corrected chi connectivity index (χ0v) is 22.1. The number of aryl methyl sites for hydroxylation is 1. The van der Waals surface area contributed by atoms with Gasteiger partial charge in [-0.05, 0) is 42.3 Å². The molecule has 190 valence electrons. The van der Waals surface area contributed by atoms with Crippen molar-refractivity contribution in [3.8, 4) is 5.75 Å². The monoisotopic (exact) mass is 540 g/mol. The second kappa shape index (κ2) is 10.3. The molecule has 11 heteroatoms. The molecule has 1 N–H and O–H groups in total. The maximum absolute atomic E-state index is 12.9. The number of Topliss-reactive ketones (excluding diaryl/α,β-unsaturated/α-hetero) is 1. The number of ketones is 1. The Morgan fingerprint density at radius 3 is 2.57 bits per heavy atom. The third-order valence-corrected chi connectivity index (χ3v) is 7.27. The van der Waals surface area contributed by atoms with Crippen molar-refractivity contribution >= 4 is 57.3 Å². The first-order valence-corrected chi connectivity index (χ1v) is 13.1. The Bertz CT molecular complexity index is 1330. The van der Waals surface area contributed by atoms with Crippen LogP contribution in [0.1, 0.15) is 35.2 Å². The molecule has 0 radical (unpaired) electrons. The van der Waals surface area contributed by atoms with Gasteiger partial charge in [0, 0.05) is 45.2 Å². The van der Waals surface area contributed by atoms with E-state index in [0.717, 1.165) is 56.2 Å². The lowest BCUT2D eigenvalue weighted by Gasteiger charge is -2.44. The Labute approximate surface area is 217 Å². The van der Waals surface area contributed by atoms with E-state index in [2.05, 4.69) is 32.8 Å². The minimum absolute atomic E-state index is 0. The first-order valence-electron chi connectivity index (χ1n) is 11.2. The molecule has 5 rings (SSSR count). The summed E-state index contributed by atoms with van der Waals surface area (Å²) in [5, 5.41) is 0. The van der Waals surface area contributed by atoms with E-state index in [1.807, 2.05) is 17.9 Å². The highest BCUT2D eigenvalue weighted by Crippen LogP contribution is 2.40. The third-order valence-electron chi connectivity index (χ3n) is 6.67. The van der Waals surface area contributed by atoms with E-state index >= 15 is 0 Å². The van der Waals surface area contributed by atoms with Crippen LogP contribution in [0.2, 0.25) is 0 Å². The van der Waals surface area contributed by atoms with Gasteiger partial charge in [-0.3, -0.25) is 9.52 Å². The molecule has 0 bridgehead atoms. The predicted molar refractivity (Wildman–Crippen MR) is 142 cm³/mol. The number of rotatable bonds is 5. The van der Waals surface area contributed by atoms with Gasteiger partial charge >= 0.3 is 0 Å². The number of carbonyl (C=O) groups excluding carboxylic acids is 1. The van der Waals surface area contributed by atoms with Gasteiger partial charge in [-0.2, -0.15) is 0 Å². The zero-order valence-electron chi connectivity index (χ0n) is 19.7. The molecular formula is C24H30Cl2N4O4S. The number of nitrogens with zero attached hydrogens (tertiary/aromatic N) is 3. The summed E-state index contributed by atoms with van der Waals surface area (Å²) in [6, 6.07) is 11.4. The second-order valence-electron chi connectivity index (χ2n) is 9.24. The average molecular weight is 542 g/mol. The van der Waals surface area contributed by atoms with E-state index in [4.69, 9.17) is 4.74 Å². The van der Waals surface area contributed by atoms with Crippen molar-refractivity contribution in [1.29, 1.82) is 0 Å². The van der Waals surface area contributed by atoms with Crippen LogP contribution in [0, 0.1) is 0 Å². The summed E-state index contributed by atoms with van der Waals surface area (Å²) < 4.78 is 33.8. The highest BCUT2D eigenvalue weighted by molar-refractivity contribution is 7.92. The second-order valence-corrected chi connectivity index (χ2v) is 11.0. The van der Waals surface area contributed by atoms with E-state index in [0.29, 0.717) is 23.4 Å². The van der Waals surface area contributed by atoms with Crippen LogP contribution in [-0.2, 0) is 23.5 Å². The quantitative estimate of drug-likeness (QED) is 0.528. The minimum Gasteiger partial charge on any atom is -0.486 e. The molecule has 0 atom stereocenters. The van der Waals surface area contributed by atoms with Crippen molar-refractivity contribution < 1.29 is 17.9 Å². The first-order chi connectivity index (χ1) is 15.7. The summed E-state index contributed by atoms with van der Waals surface area (Å²) in [4.78, 5) is 19.8. The number of hydrogen-bond acceptors (Lipinski definition) is 6. The standard InChI is InChI=1S/C24H28N4O4S.2ClH/c1-27-16-25-20-13-17(3-5-21(20)27)7-10-28-11-8-24(9-12-28)15-22(29)19-14-18(26-33(2,30)31)4-6-23(19)32-24;;/h3-6,13-14,16,26H,7-12,15H2,1-2H3;2*1H. The fourth-order valence-electron chi connectivity index (χ4n) is 4.86. The van der Waals surface area contributed by atoms with Crippen molar-refractivity contribution in [1.82, 2.24) is 14.5 Å². The predicted octanol–water partition coefficient (Wildman–Crippen LogP) is 3.83. The minimum atomic E-state index is -3.40. The molecule has 3 aromatic rings. The largest absolute Gasteiger partial charge is 0.486 e. The van der Waals surface area contributed by atoms with Crippen LogP contribution in [0.5, 0.6) is 5.75 Å². The molecule has 1 aromatic heterocycles. The molecule has 1 saturated heterocycles. The maximum Gasteiger partial charge on any atom is 0.229 e. The van der Waals surface area contributed by atoms with E-state index in [1.54, 1.807) is 18.2 Å². The number of hydrogen-bond donors (Lipinski definition) is 1. The molecule has 2 aliphatic heterocycles. The van der Waals surface area contributed by atoms with Crippen LogP contribution in [-0.4, -0.2) is 60.1 Å². The summed E-state index contributed by atoms with van der Waals surface area (Å²) in [5.41, 5.74) is 3.79. The van der Waals surface area contributed by atoms with Crippen molar-refractivity contribution in [2.45, 2.75) is 31.3 Å². The molecule has 1 spiro atoms. The van der Waals surface area contributed by atoms with Crippen molar-refractivity contribution in [3.63, 3.8) is 0 Å². The Morgan fingerprint density at radius 1 is 1.11 bits per heavy atom. The molecule has 2 aromatic carbocycles. The van der Waals surface area contributed by atoms with Gasteiger partial charge in [0.05, 0.1) is 35.6 Å². The average Bonchev–Trinajstić information content (AvgIpc) is 3.13. The number of ether oxygens (including phenoxy) is 1. The number of likely N-dealkylation sites (tertiary alicyclic amines) is 1. The van der Waals surface area contributed by atoms with Crippen LogP contribution < -0.4 is 9.46 Å². The first kappa shape index (κ1) is 27.3. The number of nitrogens with one attached hydrogen (secondary N) is 1. The van der Waals surface area contributed by atoms with Crippen LogP contribution in [0.3, 0.4) is 0 Å². The molecule has 0 amide bonds. The summed E-state index contributed by atoms with van der Waals surface area (Å²) >= 11 is 0. The van der Waals surface area contributed by atoms with Crippen LogP contribution in [0.4, 0.5) is 5.69 Å². The van der Waals surface area contributed by atoms with Gasteiger partial charge in [-0.25, -0.2) is 13.4 Å². The number of fused-ring (bicyclic) bond motifs is 2. The molecule has 8 nitrogen and oxygen atoms in total. The van der Waals surface area contributed by atoms with Gasteiger partial charge in [0.15, 0.2) is 5.78 Å². The smallest absolute Gasteiger partial charge is 0.229 e. The summed E-state index contributed by atoms with van der Waals surface area (Å²) in [6.07, 6.45) is 5.79. The van der Waals surface area contributed by atoms with Gasteiger partial charge in [0.25, 0.3) is 0 Å². The molecular weight excluding hydrogens is 511 g/mol. The Balaban J connectivity index is 0.00000171. The SMILES string of the molecule is Cl.Cl.Cn1cnc2cc(CCN3CCC4(CC3)CC(=O)c3cc(NS(C)(=O)=O)ccc3O4)ccc21. The number of benzene rings is 2. The lowest BCUT2D eigenvalue weighted by Crippen LogP contribution is -2.51. The maximum atomic E-state index is 12.9. The van der Waals surface area contributed by atoms with Crippen molar-refractivity contribution in [2.75, 3.05) is 30.6 Å². The number of aromatic nitrogens is 2. The van der Waals surface area contributed by atoms with E-state index < -0.39 is 15.6 Å². The summed E-state index contributed by atoms with van der Waals surface area (Å²) in [6.45, 7) is 2.71. The van der Waals surface area contributed by atoms with Crippen LogP contribution in [0.25, 0.3) is 11.0 Å². The Hall–Kier alpha value is -2.33. The number of halogens is 2. The topological polar surface area (TPSA) is 93.5 Å². The van der Waals surface area contributed by atoms with Gasteiger partial charge < -0.3 is 14.2 Å². The van der Waals surface area contributed by atoms with Crippen LogP contribution in [0.15, 0.2) is 42.7 Å². The number of sulfonamides is 1. The van der Waals surface area contributed by atoms with Gasteiger partial charge in [0.2, 0.25) is 10.0 Å². The van der Waals surface area contributed by atoms with E-state index in [-0.39, 0.29) is 30.6 Å². The molecule has 0 saturated carbocycles. The lowest BCUT2D eigenvalue weighted by molar-refractivity contribution is -0.00864. The molecule has 2 aliphatic rings. The normalized spacial score (nSPS) is 17.3. The van der Waals surface area contributed by atoms with Crippen molar-refractivity contribution in [2.24, 2.45) is 7.05 Å². The molecule has 3 heterocycles. The molecule has 1 fully saturated rings. The fraction of sp³-hybridized carbons (Fsp3) is 0.417. The highest BCUT2D eigenvalue weighted by Gasteiger charge is 2.42. The molecule has 35 heavy (non-hydrogen) atoms. The zero-order chi connectivity index (χ0) is 23.2. The summed E-state index contributed by atoms with van der Waals surface area (Å²) in [7, 11) is -1.40. The molecule has 0 aliphatic carbocycles. The fourth-order valence-corrected chi connectivity index (χ4v) is 5.41. The number of piperidine rings is 1. The van der Waals surface area contributed by atoms with Gasteiger partial charge in [-0.15, -0.1) is 24.8 Å². The van der Waals surface area contributed by atoms with Gasteiger partial charge in [0.1, 0.15) is 11.4 Å². The highest BCUT2D eigenvalue weighted by atomic mass is 35.5. The number of anilines is 1. The van der Waals surface area contributed by atoms with Crippen LogP contribution >= 0.6 is 24.8 Å².